The molecule has 1 heterocycles. The minimum absolute atomic E-state index is 0.347. The molecule has 0 saturated carbocycles. The molecule has 0 bridgehead atoms. The van der Waals surface area contributed by atoms with Gasteiger partial charge in [-0.15, -0.1) is 0 Å². The minimum atomic E-state index is -0.645. The van der Waals surface area contributed by atoms with Crippen molar-refractivity contribution in [1.29, 1.82) is 0 Å². The number of carbonyl (C=O) groups is 2. The Morgan fingerprint density at radius 3 is 2.85 bits per heavy atom. The lowest BCUT2D eigenvalue weighted by molar-refractivity contribution is -0.132. The molecular weight excluding hydrogens is 170 g/mol. The first kappa shape index (κ1) is 8.19. The molecule has 1 N–H and O–H groups in total. The molecule has 0 radical (unpaired) electrons. The van der Waals surface area contributed by atoms with Crippen LogP contribution in [0.1, 0.15) is 0 Å². The molecule has 1 aliphatic carbocycles. The maximum Gasteiger partial charge on any atom is 0.249 e. The van der Waals surface area contributed by atoms with Crippen LogP contribution < -0.4 is 0 Å². The second kappa shape index (κ2) is 2.53. The van der Waals surface area contributed by atoms with Crippen molar-refractivity contribution in [2.75, 3.05) is 13.6 Å². The Hall–Kier alpha value is -1.42. The second-order valence-corrected chi connectivity index (χ2v) is 3.23. The summed E-state index contributed by atoms with van der Waals surface area (Å²) >= 11 is 0. The first-order chi connectivity index (χ1) is 6.11. The van der Waals surface area contributed by atoms with E-state index >= 15 is 0 Å². The summed E-state index contributed by atoms with van der Waals surface area (Å²) in [5, 5.41) is 9.48. The smallest absolute Gasteiger partial charge is 0.249 e. The summed E-state index contributed by atoms with van der Waals surface area (Å²) in [6, 6.07) is 0. The van der Waals surface area contributed by atoms with Gasteiger partial charge >= 0.3 is 0 Å². The largest absolute Gasteiger partial charge is 0.386 e. The number of carbonyl (C=O) groups excluding carboxylic acids is 2. The van der Waals surface area contributed by atoms with Gasteiger partial charge in [0.2, 0.25) is 11.6 Å². The Kier molecular flexibility index (Phi) is 1.60. The number of nitrogens with zero attached hydrogens (tertiary/aromatic N) is 1. The predicted molar refractivity (Wildman–Crippen MR) is 44.8 cm³/mol. The van der Waals surface area contributed by atoms with Gasteiger partial charge in [0.25, 0.3) is 0 Å². The number of aliphatic hydroxyl groups is 1. The van der Waals surface area contributed by atoms with Crippen molar-refractivity contribution >= 4 is 11.6 Å². The number of hydrogen-bond acceptors (Lipinski definition) is 4. The molecule has 2 aliphatic rings. The van der Waals surface area contributed by atoms with Crippen molar-refractivity contribution < 1.29 is 14.7 Å². The SMILES string of the molecule is CN1CC(O)C2=C1C(=O)C(=O)C=C2. The summed E-state index contributed by atoms with van der Waals surface area (Å²) < 4.78 is 0. The number of hydrogen-bond donors (Lipinski definition) is 1. The quantitative estimate of drug-likeness (QED) is 0.393. The lowest BCUT2D eigenvalue weighted by Gasteiger charge is -2.14. The monoisotopic (exact) mass is 179 g/mol. The van der Waals surface area contributed by atoms with Gasteiger partial charge in [-0.2, -0.15) is 0 Å². The van der Waals surface area contributed by atoms with Crippen LogP contribution in [0.25, 0.3) is 0 Å². The molecule has 68 valence electrons. The number of ketones is 2. The van der Waals surface area contributed by atoms with Crippen molar-refractivity contribution in [3.63, 3.8) is 0 Å². The fourth-order valence-corrected chi connectivity index (χ4v) is 1.68. The second-order valence-electron chi connectivity index (χ2n) is 3.23. The molecule has 0 amide bonds. The third-order valence-electron chi connectivity index (χ3n) is 2.31. The summed E-state index contributed by atoms with van der Waals surface area (Å²) in [5.74, 6) is -1.03. The highest BCUT2D eigenvalue weighted by molar-refractivity contribution is 6.48. The van der Waals surface area contributed by atoms with Crippen LogP contribution in [0.3, 0.4) is 0 Å². The van der Waals surface area contributed by atoms with Gasteiger partial charge in [0.05, 0.1) is 11.8 Å². The molecule has 0 aromatic carbocycles. The van der Waals surface area contributed by atoms with E-state index in [0.29, 0.717) is 17.8 Å². The first-order valence-electron chi connectivity index (χ1n) is 4.01. The molecule has 0 spiro atoms. The maximum atomic E-state index is 11.4. The molecule has 2 rings (SSSR count). The van der Waals surface area contributed by atoms with Gasteiger partial charge in [-0.1, -0.05) is 6.08 Å². The van der Waals surface area contributed by atoms with Crippen LogP contribution in [0, 0.1) is 0 Å². The van der Waals surface area contributed by atoms with E-state index in [1.54, 1.807) is 11.9 Å². The third kappa shape index (κ3) is 1.02. The van der Waals surface area contributed by atoms with E-state index in [0.717, 1.165) is 0 Å². The van der Waals surface area contributed by atoms with Crippen LogP contribution in [0.5, 0.6) is 0 Å². The summed E-state index contributed by atoms with van der Waals surface area (Å²) in [6.07, 6.45) is 2.09. The highest BCUT2D eigenvalue weighted by Crippen LogP contribution is 2.26. The van der Waals surface area contributed by atoms with Gasteiger partial charge < -0.3 is 10.0 Å². The maximum absolute atomic E-state index is 11.4. The van der Waals surface area contributed by atoms with Gasteiger partial charge in [0, 0.05) is 19.2 Å². The molecule has 4 heteroatoms. The molecule has 0 aromatic heterocycles. The molecular formula is C9H9NO3. The van der Waals surface area contributed by atoms with Crippen LogP contribution in [0.15, 0.2) is 23.4 Å². The number of allylic oxidation sites excluding steroid dienone is 2. The summed E-state index contributed by atoms with van der Waals surface area (Å²) in [6.45, 7) is 0.383. The highest BCUT2D eigenvalue weighted by Gasteiger charge is 2.35. The Balaban J connectivity index is 2.50. The van der Waals surface area contributed by atoms with Gasteiger partial charge in [-0.25, -0.2) is 0 Å². The lowest BCUT2D eigenvalue weighted by atomic mass is 10.0. The van der Waals surface area contributed by atoms with Crippen LogP contribution >= 0.6 is 0 Å². The van der Waals surface area contributed by atoms with Crippen LogP contribution in [0.2, 0.25) is 0 Å². The summed E-state index contributed by atoms with van der Waals surface area (Å²) in [5.41, 5.74) is 0.909. The molecule has 1 unspecified atom stereocenters. The highest BCUT2D eigenvalue weighted by atomic mass is 16.3. The normalized spacial score (nSPS) is 27.2. The van der Waals surface area contributed by atoms with Crippen molar-refractivity contribution in [1.82, 2.24) is 4.90 Å². The van der Waals surface area contributed by atoms with E-state index < -0.39 is 17.7 Å². The Morgan fingerprint density at radius 2 is 2.15 bits per heavy atom. The standard InChI is InChI=1S/C9H9NO3/c1-10-4-7(12)5-2-3-6(11)9(13)8(5)10/h2-3,7,12H,4H2,1H3. The van der Waals surface area contributed by atoms with E-state index in [-0.39, 0.29) is 0 Å². The fraction of sp³-hybridized carbons (Fsp3) is 0.333. The third-order valence-corrected chi connectivity index (χ3v) is 2.31. The van der Waals surface area contributed by atoms with E-state index in [9.17, 15) is 14.7 Å². The molecule has 0 saturated heterocycles. The molecule has 4 nitrogen and oxygen atoms in total. The zero-order valence-corrected chi connectivity index (χ0v) is 7.15. The van der Waals surface area contributed by atoms with Gasteiger partial charge in [0.15, 0.2) is 0 Å². The minimum Gasteiger partial charge on any atom is -0.386 e. The fourth-order valence-electron chi connectivity index (χ4n) is 1.68. The average molecular weight is 179 g/mol. The number of β-amino-alcohol motifs (C(OH)–C–C–N with tert-alkyl or cyclic N) is 1. The molecule has 13 heavy (non-hydrogen) atoms. The Morgan fingerprint density at radius 1 is 1.46 bits per heavy atom. The van der Waals surface area contributed by atoms with Gasteiger partial charge in [0.1, 0.15) is 0 Å². The Bertz CT molecular complexity index is 354. The van der Waals surface area contributed by atoms with Crippen molar-refractivity contribution in [2.24, 2.45) is 0 Å². The van der Waals surface area contributed by atoms with Crippen LogP contribution in [-0.2, 0) is 9.59 Å². The van der Waals surface area contributed by atoms with E-state index in [4.69, 9.17) is 0 Å². The van der Waals surface area contributed by atoms with Gasteiger partial charge in [-0.3, -0.25) is 9.59 Å². The first-order valence-corrected chi connectivity index (χ1v) is 4.01. The Labute approximate surface area is 75.1 Å². The number of aliphatic hydroxyl groups excluding tert-OH is 1. The summed E-state index contributed by atoms with van der Waals surface area (Å²) in [7, 11) is 1.69. The van der Waals surface area contributed by atoms with Crippen LogP contribution in [-0.4, -0.2) is 41.3 Å². The van der Waals surface area contributed by atoms with Crippen molar-refractivity contribution in [3.05, 3.63) is 23.4 Å². The van der Waals surface area contributed by atoms with E-state index in [1.165, 1.54) is 12.2 Å². The summed E-state index contributed by atoms with van der Waals surface area (Å²) in [4.78, 5) is 24.0. The van der Waals surface area contributed by atoms with E-state index in [2.05, 4.69) is 0 Å². The predicted octanol–water partition coefficient (Wildman–Crippen LogP) is -0.745. The van der Waals surface area contributed by atoms with E-state index in [1.807, 2.05) is 0 Å². The zero-order valence-electron chi connectivity index (χ0n) is 7.15. The van der Waals surface area contributed by atoms with Gasteiger partial charge in [-0.05, 0) is 6.08 Å². The molecule has 0 fully saturated rings. The lowest BCUT2D eigenvalue weighted by Crippen LogP contribution is -2.26. The average Bonchev–Trinajstić information content (AvgIpc) is 2.35. The molecule has 1 atom stereocenters. The van der Waals surface area contributed by atoms with Crippen molar-refractivity contribution in [2.45, 2.75) is 6.10 Å². The van der Waals surface area contributed by atoms with Crippen molar-refractivity contribution in [3.8, 4) is 0 Å². The number of rotatable bonds is 0. The van der Waals surface area contributed by atoms with Crippen LogP contribution in [0.4, 0.5) is 0 Å². The number of Topliss-reactive ketones (excluding diaryl/α,β-unsaturated/α-hetero) is 1. The number of likely N-dealkylation sites (N-methyl/N-ethyl adjacent to an activating group) is 1. The molecule has 1 aliphatic heterocycles. The zero-order chi connectivity index (χ0) is 9.59. The topological polar surface area (TPSA) is 57.6 Å². The molecule has 0 aromatic rings.